The molecule has 0 bridgehead atoms. The summed E-state index contributed by atoms with van der Waals surface area (Å²) in [6.45, 7) is 7.47. The average molecular weight is 276 g/mol. The van der Waals surface area contributed by atoms with Crippen LogP contribution in [0.15, 0.2) is 24.3 Å². The Morgan fingerprint density at radius 2 is 2.05 bits per heavy atom. The monoisotopic (exact) mass is 276 g/mol. The summed E-state index contributed by atoms with van der Waals surface area (Å²) in [5.74, 6) is 2.77. The lowest BCUT2D eigenvalue weighted by Crippen LogP contribution is -2.25. The van der Waals surface area contributed by atoms with Crippen LogP contribution in [0.4, 0.5) is 0 Å². The Morgan fingerprint density at radius 3 is 2.75 bits per heavy atom. The fraction of sp³-hybridized carbons (Fsp3) is 0.667. The maximum Gasteiger partial charge on any atom is 0.119 e. The second-order valence-electron chi connectivity index (χ2n) is 6.39. The molecule has 0 spiro atoms. The molecule has 1 fully saturated rings. The maximum atomic E-state index is 10.6. The van der Waals surface area contributed by atoms with Gasteiger partial charge in [-0.3, -0.25) is 0 Å². The third kappa shape index (κ3) is 3.76. The maximum absolute atomic E-state index is 10.6. The minimum absolute atomic E-state index is 0.352. The molecule has 2 heteroatoms. The van der Waals surface area contributed by atoms with Gasteiger partial charge in [0.1, 0.15) is 5.75 Å². The molecule has 1 N–H and O–H groups in total. The lowest BCUT2D eigenvalue weighted by molar-refractivity contribution is 0.0559. The van der Waals surface area contributed by atoms with Crippen LogP contribution in [-0.2, 0) is 0 Å². The topological polar surface area (TPSA) is 29.5 Å². The SMILES string of the molecule is CCCOc1cccc(C(O)C2CCC(C)C(C)C2)c1. The average Bonchev–Trinajstić information content (AvgIpc) is 2.47. The van der Waals surface area contributed by atoms with E-state index in [1.165, 1.54) is 6.42 Å². The number of hydrogen-bond acceptors (Lipinski definition) is 2. The highest BCUT2D eigenvalue weighted by molar-refractivity contribution is 5.30. The highest BCUT2D eigenvalue weighted by atomic mass is 16.5. The molecule has 2 nitrogen and oxygen atoms in total. The standard InChI is InChI=1S/C18H28O2/c1-4-10-20-17-7-5-6-15(12-17)18(19)16-9-8-13(2)14(3)11-16/h5-7,12-14,16,18-19H,4,8-11H2,1-3H3. The highest BCUT2D eigenvalue weighted by Crippen LogP contribution is 2.40. The van der Waals surface area contributed by atoms with Gasteiger partial charge in [0, 0.05) is 0 Å². The largest absolute Gasteiger partial charge is 0.494 e. The lowest BCUT2D eigenvalue weighted by Gasteiger charge is -2.34. The van der Waals surface area contributed by atoms with Gasteiger partial charge in [0.05, 0.1) is 12.7 Å². The van der Waals surface area contributed by atoms with Crippen molar-refractivity contribution < 1.29 is 9.84 Å². The molecule has 1 saturated carbocycles. The molecular weight excluding hydrogens is 248 g/mol. The van der Waals surface area contributed by atoms with Crippen molar-refractivity contribution in [1.82, 2.24) is 0 Å². The predicted molar refractivity (Wildman–Crippen MR) is 82.9 cm³/mol. The number of ether oxygens (including phenoxy) is 1. The normalized spacial score (nSPS) is 28.1. The van der Waals surface area contributed by atoms with Crippen molar-refractivity contribution in [2.75, 3.05) is 6.61 Å². The van der Waals surface area contributed by atoms with E-state index < -0.39 is 0 Å². The van der Waals surface area contributed by atoms with Crippen LogP contribution in [0, 0.1) is 17.8 Å². The van der Waals surface area contributed by atoms with Gasteiger partial charge >= 0.3 is 0 Å². The van der Waals surface area contributed by atoms with Crippen molar-refractivity contribution in [3.63, 3.8) is 0 Å². The van der Waals surface area contributed by atoms with E-state index in [0.29, 0.717) is 11.8 Å². The molecule has 0 aromatic heterocycles. The zero-order valence-electron chi connectivity index (χ0n) is 13.0. The first kappa shape index (κ1) is 15.4. The van der Waals surface area contributed by atoms with Crippen molar-refractivity contribution >= 4 is 0 Å². The zero-order chi connectivity index (χ0) is 14.5. The van der Waals surface area contributed by atoms with Crippen molar-refractivity contribution in [3.8, 4) is 5.75 Å². The molecule has 0 saturated heterocycles. The molecule has 1 aliphatic carbocycles. The van der Waals surface area contributed by atoms with Crippen LogP contribution in [0.25, 0.3) is 0 Å². The molecule has 4 unspecified atom stereocenters. The van der Waals surface area contributed by atoms with Crippen molar-refractivity contribution in [3.05, 3.63) is 29.8 Å². The first-order valence-corrected chi connectivity index (χ1v) is 8.02. The highest BCUT2D eigenvalue weighted by Gasteiger charge is 2.30. The van der Waals surface area contributed by atoms with Crippen LogP contribution in [0.3, 0.4) is 0 Å². The Labute approximate surface area is 123 Å². The zero-order valence-corrected chi connectivity index (χ0v) is 13.0. The number of aliphatic hydroxyl groups excluding tert-OH is 1. The molecule has 4 atom stereocenters. The van der Waals surface area contributed by atoms with E-state index in [4.69, 9.17) is 4.74 Å². The summed E-state index contributed by atoms with van der Waals surface area (Å²) in [4.78, 5) is 0. The Kier molecular flexibility index (Phi) is 5.47. The van der Waals surface area contributed by atoms with Crippen LogP contribution in [0.2, 0.25) is 0 Å². The minimum atomic E-state index is -0.352. The Bertz CT molecular complexity index is 416. The molecule has 0 aliphatic heterocycles. The van der Waals surface area contributed by atoms with Crippen LogP contribution in [-0.4, -0.2) is 11.7 Å². The fourth-order valence-electron chi connectivity index (χ4n) is 3.16. The third-order valence-electron chi connectivity index (χ3n) is 4.76. The minimum Gasteiger partial charge on any atom is -0.494 e. The van der Waals surface area contributed by atoms with Crippen molar-refractivity contribution in [2.45, 2.75) is 52.6 Å². The molecule has 1 aromatic carbocycles. The Balaban J connectivity index is 2.03. The summed E-state index contributed by atoms with van der Waals surface area (Å²) in [5, 5.41) is 10.6. The van der Waals surface area contributed by atoms with Gasteiger partial charge in [-0.2, -0.15) is 0 Å². The van der Waals surface area contributed by atoms with E-state index in [0.717, 1.165) is 43.1 Å². The number of aliphatic hydroxyl groups is 1. The molecule has 20 heavy (non-hydrogen) atoms. The molecular formula is C18H28O2. The number of hydrogen-bond donors (Lipinski definition) is 1. The summed E-state index contributed by atoms with van der Waals surface area (Å²) in [6.07, 6.45) is 4.14. The summed E-state index contributed by atoms with van der Waals surface area (Å²) >= 11 is 0. The predicted octanol–water partition coefficient (Wildman–Crippen LogP) is 4.58. The molecule has 0 amide bonds. The van der Waals surface area contributed by atoms with Crippen LogP contribution >= 0.6 is 0 Å². The van der Waals surface area contributed by atoms with Gasteiger partial charge in [-0.15, -0.1) is 0 Å². The molecule has 112 valence electrons. The Morgan fingerprint density at radius 1 is 1.25 bits per heavy atom. The Hall–Kier alpha value is -1.02. The first-order valence-electron chi connectivity index (χ1n) is 8.02. The molecule has 0 radical (unpaired) electrons. The van der Waals surface area contributed by atoms with Crippen LogP contribution in [0.5, 0.6) is 5.75 Å². The van der Waals surface area contributed by atoms with Crippen molar-refractivity contribution in [1.29, 1.82) is 0 Å². The van der Waals surface area contributed by atoms with E-state index in [1.54, 1.807) is 0 Å². The summed E-state index contributed by atoms with van der Waals surface area (Å²) in [6, 6.07) is 7.98. The quantitative estimate of drug-likeness (QED) is 0.853. The van der Waals surface area contributed by atoms with Crippen molar-refractivity contribution in [2.24, 2.45) is 17.8 Å². The second-order valence-corrected chi connectivity index (χ2v) is 6.39. The van der Waals surface area contributed by atoms with Gasteiger partial charge in [0.15, 0.2) is 0 Å². The van der Waals surface area contributed by atoms with Crippen LogP contribution in [0.1, 0.15) is 58.1 Å². The van der Waals surface area contributed by atoms with Gasteiger partial charge in [-0.1, -0.05) is 39.3 Å². The molecule has 1 aromatic rings. The number of rotatable bonds is 5. The van der Waals surface area contributed by atoms with E-state index in [9.17, 15) is 5.11 Å². The van der Waals surface area contributed by atoms with Gasteiger partial charge in [0.2, 0.25) is 0 Å². The summed E-state index contributed by atoms with van der Waals surface area (Å²) < 4.78 is 5.66. The summed E-state index contributed by atoms with van der Waals surface area (Å²) in [7, 11) is 0. The van der Waals surface area contributed by atoms with E-state index in [-0.39, 0.29) is 6.10 Å². The van der Waals surface area contributed by atoms with Crippen LogP contribution < -0.4 is 4.74 Å². The first-order chi connectivity index (χ1) is 9.61. The molecule has 0 heterocycles. The molecule has 2 rings (SSSR count). The van der Waals surface area contributed by atoms with Gasteiger partial charge in [-0.25, -0.2) is 0 Å². The van der Waals surface area contributed by atoms with Gasteiger partial charge in [-0.05, 0) is 54.7 Å². The van der Waals surface area contributed by atoms with Gasteiger partial charge < -0.3 is 9.84 Å². The van der Waals surface area contributed by atoms with E-state index in [2.05, 4.69) is 20.8 Å². The lowest BCUT2D eigenvalue weighted by atomic mass is 9.73. The fourth-order valence-corrected chi connectivity index (χ4v) is 3.16. The number of benzene rings is 1. The van der Waals surface area contributed by atoms with Gasteiger partial charge in [0.25, 0.3) is 0 Å². The third-order valence-corrected chi connectivity index (χ3v) is 4.76. The molecule has 1 aliphatic rings. The smallest absolute Gasteiger partial charge is 0.119 e. The van der Waals surface area contributed by atoms with E-state index >= 15 is 0 Å². The second kappa shape index (κ2) is 7.12. The summed E-state index contributed by atoms with van der Waals surface area (Å²) in [5.41, 5.74) is 1.00. The van der Waals surface area contributed by atoms with E-state index in [1.807, 2.05) is 24.3 Å².